The lowest BCUT2D eigenvalue weighted by molar-refractivity contribution is 0.151. The van der Waals surface area contributed by atoms with Gasteiger partial charge in [-0.25, -0.2) is 4.98 Å². The van der Waals surface area contributed by atoms with Crippen LogP contribution in [0.4, 0.5) is 0 Å². The zero-order valence-electron chi connectivity index (χ0n) is 11.5. The number of nitrogens with one attached hydrogen (secondary N) is 1. The Bertz CT molecular complexity index is 614. The molecule has 0 spiro atoms. The van der Waals surface area contributed by atoms with Gasteiger partial charge in [0.05, 0.1) is 0 Å². The molecule has 1 aliphatic rings. The predicted octanol–water partition coefficient (Wildman–Crippen LogP) is 4.39. The van der Waals surface area contributed by atoms with Crippen LogP contribution in [0.1, 0.15) is 41.8 Å². The molecule has 0 saturated carbocycles. The number of thiazole rings is 1. The quantitative estimate of drug-likeness (QED) is 0.889. The fraction of sp³-hybridized carbons (Fsp3) is 0.400. The molecule has 1 N–H and O–H groups in total. The number of fused-ring (bicyclic) bond motifs is 1. The topological polar surface area (TPSA) is 34.2 Å². The lowest BCUT2D eigenvalue weighted by atomic mass is 9.96. The van der Waals surface area contributed by atoms with Gasteiger partial charge >= 0.3 is 0 Å². The van der Waals surface area contributed by atoms with Gasteiger partial charge in [-0.15, -0.1) is 11.3 Å². The van der Waals surface area contributed by atoms with Crippen LogP contribution in [0, 0.1) is 6.92 Å². The highest BCUT2D eigenvalue weighted by molar-refractivity contribution is 9.10. The van der Waals surface area contributed by atoms with Crippen molar-refractivity contribution in [1.29, 1.82) is 0 Å². The third-order valence-corrected chi connectivity index (χ3v) is 4.98. The van der Waals surface area contributed by atoms with Gasteiger partial charge in [-0.3, -0.25) is 0 Å². The van der Waals surface area contributed by atoms with Crippen LogP contribution in [0.2, 0.25) is 0 Å². The van der Waals surface area contributed by atoms with Gasteiger partial charge in [0.15, 0.2) is 6.10 Å². The molecule has 20 heavy (non-hydrogen) atoms. The number of aryl methyl sites for hydroxylation is 1. The van der Waals surface area contributed by atoms with E-state index in [0.29, 0.717) is 6.04 Å². The van der Waals surface area contributed by atoms with Gasteiger partial charge in [0, 0.05) is 33.6 Å². The maximum Gasteiger partial charge on any atom is 0.152 e. The molecule has 2 aromatic rings. The van der Waals surface area contributed by atoms with E-state index in [0.717, 1.165) is 33.9 Å². The molecule has 0 radical (unpaired) electrons. The van der Waals surface area contributed by atoms with E-state index in [1.165, 1.54) is 5.56 Å². The summed E-state index contributed by atoms with van der Waals surface area (Å²) in [7, 11) is 0. The number of nitrogens with zero attached hydrogens (tertiary/aromatic N) is 1. The number of benzene rings is 1. The van der Waals surface area contributed by atoms with Crippen molar-refractivity contribution in [3.8, 4) is 5.75 Å². The summed E-state index contributed by atoms with van der Waals surface area (Å²) in [4.78, 5) is 4.58. The molecule has 5 heteroatoms. The van der Waals surface area contributed by atoms with Crippen molar-refractivity contribution < 1.29 is 4.74 Å². The van der Waals surface area contributed by atoms with Crippen LogP contribution in [0.15, 0.2) is 28.1 Å². The van der Waals surface area contributed by atoms with Crippen molar-refractivity contribution in [1.82, 2.24) is 10.3 Å². The van der Waals surface area contributed by atoms with Crippen LogP contribution in [0.3, 0.4) is 0 Å². The first-order valence-corrected chi connectivity index (χ1v) is 8.46. The number of rotatable bonds is 3. The van der Waals surface area contributed by atoms with E-state index in [9.17, 15) is 0 Å². The molecule has 3 nitrogen and oxygen atoms in total. The Balaban J connectivity index is 1.94. The fourth-order valence-electron chi connectivity index (χ4n) is 2.55. The molecule has 2 heterocycles. The summed E-state index contributed by atoms with van der Waals surface area (Å²) in [6.07, 6.45) is 0.968. The Morgan fingerprint density at radius 2 is 2.35 bits per heavy atom. The SMILES string of the molecule is CCNC1CC(c2nc(C)cs2)Oc2ccc(Br)cc21. The maximum atomic E-state index is 6.15. The second kappa shape index (κ2) is 5.84. The van der Waals surface area contributed by atoms with Gasteiger partial charge in [-0.2, -0.15) is 0 Å². The highest BCUT2D eigenvalue weighted by Gasteiger charge is 2.30. The van der Waals surface area contributed by atoms with Gasteiger partial charge in [-0.05, 0) is 31.7 Å². The third kappa shape index (κ3) is 2.75. The summed E-state index contributed by atoms with van der Waals surface area (Å²) in [5.41, 5.74) is 2.29. The monoisotopic (exact) mass is 352 g/mol. The van der Waals surface area contributed by atoms with Crippen molar-refractivity contribution >= 4 is 27.3 Å². The smallest absolute Gasteiger partial charge is 0.152 e. The Hall–Kier alpha value is -0.910. The van der Waals surface area contributed by atoms with E-state index in [-0.39, 0.29) is 6.10 Å². The third-order valence-electron chi connectivity index (χ3n) is 3.43. The van der Waals surface area contributed by atoms with Crippen LogP contribution in [-0.2, 0) is 0 Å². The summed E-state index contributed by atoms with van der Waals surface area (Å²) in [5, 5.41) is 6.70. The zero-order chi connectivity index (χ0) is 14.1. The lowest BCUT2D eigenvalue weighted by Crippen LogP contribution is -2.29. The highest BCUT2D eigenvalue weighted by Crippen LogP contribution is 2.42. The molecule has 1 aromatic carbocycles. The fourth-order valence-corrected chi connectivity index (χ4v) is 3.77. The summed E-state index contributed by atoms with van der Waals surface area (Å²) in [6.45, 7) is 5.10. The Kier molecular flexibility index (Phi) is 4.10. The molecule has 2 atom stereocenters. The van der Waals surface area contributed by atoms with E-state index in [1.807, 2.05) is 19.1 Å². The van der Waals surface area contributed by atoms with Crippen molar-refractivity contribution in [2.75, 3.05) is 6.54 Å². The van der Waals surface area contributed by atoms with E-state index in [1.54, 1.807) is 11.3 Å². The Labute approximate surface area is 131 Å². The average molecular weight is 353 g/mol. The molecular weight excluding hydrogens is 336 g/mol. The standard InChI is InChI=1S/C15H17BrN2OS/c1-3-17-12-7-14(15-18-9(2)8-20-15)19-13-5-4-10(16)6-11(12)13/h4-6,8,12,14,17H,3,7H2,1-2H3. The largest absolute Gasteiger partial charge is 0.483 e. The van der Waals surface area contributed by atoms with Crippen LogP contribution < -0.4 is 10.1 Å². The van der Waals surface area contributed by atoms with Crippen LogP contribution >= 0.6 is 27.3 Å². The van der Waals surface area contributed by atoms with Gasteiger partial charge in [-0.1, -0.05) is 22.9 Å². The molecule has 0 bridgehead atoms. The molecule has 1 aliphatic heterocycles. The first-order valence-electron chi connectivity index (χ1n) is 6.79. The second-order valence-electron chi connectivity index (χ2n) is 4.96. The van der Waals surface area contributed by atoms with Crippen molar-refractivity contribution in [3.63, 3.8) is 0 Å². The Morgan fingerprint density at radius 1 is 1.50 bits per heavy atom. The zero-order valence-corrected chi connectivity index (χ0v) is 13.9. The van der Waals surface area contributed by atoms with Gasteiger partial charge in [0.1, 0.15) is 10.8 Å². The molecule has 0 amide bonds. The summed E-state index contributed by atoms with van der Waals surface area (Å²) >= 11 is 5.22. The van der Waals surface area contributed by atoms with Gasteiger partial charge in [0.2, 0.25) is 0 Å². The molecule has 0 saturated heterocycles. The van der Waals surface area contributed by atoms with E-state index in [2.05, 4.69) is 44.6 Å². The normalized spacial score (nSPS) is 21.4. The molecule has 1 aromatic heterocycles. The predicted molar refractivity (Wildman–Crippen MR) is 85.4 cm³/mol. The minimum absolute atomic E-state index is 0.0476. The number of hydrogen-bond donors (Lipinski definition) is 1. The van der Waals surface area contributed by atoms with Crippen LogP contribution in [-0.4, -0.2) is 11.5 Å². The minimum atomic E-state index is 0.0476. The molecule has 0 aliphatic carbocycles. The maximum absolute atomic E-state index is 6.15. The van der Waals surface area contributed by atoms with Crippen molar-refractivity contribution in [3.05, 3.63) is 44.3 Å². The van der Waals surface area contributed by atoms with Crippen molar-refractivity contribution in [2.45, 2.75) is 32.4 Å². The molecule has 2 unspecified atom stereocenters. The highest BCUT2D eigenvalue weighted by atomic mass is 79.9. The van der Waals surface area contributed by atoms with Crippen LogP contribution in [0.5, 0.6) is 5.75 Å². The molecule has 3 rings (SSSR count). The lowest BCUT2D eigenvalue weighted by Gasteiger charge is -2.32. The number of aromatic nitrogens is 1. The second-order valence-corrected chi connectivity index (χ2v) is 6.77. The number of halogens is 1. The first kappa shape index (κ1) is 14.0. The van der Waals surface area contributed by atoms with E-state index >= 15 is 0 Å². The summed E-state index contributed by atoms with van der Waals surface area (Å²) in [6, 6.07) is 6.52. The molecule has 0 fully saturated rings. The Morgan fingerprint density at radius 3 is 3.05 bits per heavy atom. The number of hydrogen-bond acceptors (Lipinski definition) is 4. The first-order chi connectivity index (χ1) is 9.67. The summed E-state index contributed by atoms with van der Waals surface area (Å²) in [5.74, 6) is 0.961. The van der Waals surface area contributed by atoms with Crippen LogP contribution in [0.25, 0.3) is 0 Å². The van der Waals surface area contributed by atoms with E-state index in [4.69, 9.17) is 4.74 Å². The van der Waals surface area contributed by atoms with Crippen molar-refractivity contribution in [2.24, 2.45) is 0 Å². The van der Waals surface area contributed by atoms with Gasteiger partial charge < -0.3 is 10.1 Å². The molecule has 106 valence electrons. The average Bonchev–Trinajstić information content (AvgIpc) is 2.86. The number of ether oxygens (including phenoxy) is 1. The minimum Gasteiger partial charge on any atom is -0.483 e. The van der Waals surface area contributed by atoms with Gasteiger partial charge in [0.25, 0.3) is 0 Å². The van der Waals surface area contributed by atoms with E-state index < -0.39 is 0 Å². The summed E-state index contributed by atoms with van der Waals surface area (Å²) < 4.78 is 7.24. The molecular formula is C15H17BrN2OS.